The average molecular weight is 587 g/mol. The van der Waals surface area contributed by atoms with Gasteiger partial charge in [-0.3, -0.25) is 9.78 Å². The summed E-state index contributed by atoms with van der Waals surface area (Å²) >= 11 is 1.79. The summed E-state index contributed by atoms with van der Waals surface area (Å²) in [4.78, 5) is 19.3. The fourth-order valence-corrected chi connectivity index (χ4v) is 11.5. The lowest BCUT2D eigenvalue weighted by Crippen LogP contribution is -2.67. The lowest BCUT2D eigenvalue weighted by Gasteiger charge is -2.43. The maximum Gasteiger partial charge on any atom is 0.296 e. The molecule has 0 bridgehead atoms. The summed E-state index contributed by atoms with van der Waals surface area (Å²) in [5.41, 5.74) is 1.44. The van der Waals surface area contributed by atoms with Crippen LogP contribution >= 0.6 is 11.8 Å². The number of benzene rings is 3. The van der Waals surface area contributed by atoms with E-state index >= 15 is 0 Å². The first-order valence-electron chi connectivity index (χ1n) is 14.0. The van der Waals surface area contributed by atoms with Gasteiger partial charge >= 0.3 is 0 Å². The highest BCUT2D eigenvalue weighted by Gasteiger charge is 2.51. The first-order valence-corrected chi connectivity index (χ1v) is 17.0. The average Bonchev–Trinajstić information content (AvgIpc) is 3.36. The van der Waals surface area contributed by atoms with Crippen LogP contribution in [0.4, 0.5) is 0 Å². The Morgan fingerprint density at radius 2 is 1.51 bits per heavy atom. The van der Waals surface area contributed by atoms with Crippen LogP contribution in [0.3, 0.4) is 0 Å². The molecule has 0 amide bonds. The van der Waals surface area contributed by atoms with Crippen molar-refractivity contribution >= 4 is 30.5 Å². The molecule has 1 saturated heterocycles. The zero-order chi connectivity index (χ0) is 28.9. The third-order valence-electron chi connectivity index (χ3n) is 7.59. The monoisotopic (exact) mass is 586 g/mol. The third kappa shape index (κ3) is 6.51. The number of nitrogens with zero attached hydrogens (tertiary/aromatic N) is 1. The van der Waals surface area contributed by atoms with Gasteiger partial charge < -0.3 is 13.9 Å². The van der Waals surface area contributed by atoms with Crippen LogP contribution in [0.25, 0.3) is 0 Å². The maximum absolute atomic E-state index is 12.2. The third-order valence-corrected chi connectivity index (χ3v) is 13.9. The zero-order valence-corrected chi connectivity index (χ0v) is 25.9. The van der Waals surface area contributed by atoms with Crippen molar-refractivity contribution in [1.29, 1.82) is 0 Å². The molecule has 6 nitrogen and oxygen atoms in total. The largest absolute Gasteiger partial charge is 0.458 e. The summed E-state index contributed by atoms with van der Waals surface area (Å²) in [5, 5.41) is 2.40. The molecule has 1 N–H and O–H groups in total. The Kier molecular flexibility index (Phi) is 9.14. The summed E-state index contributed by atoms with van der Waals surface area (Å²) in [6, 6.07) is 31.7. The number of rotatable bonds is 10. The van der Waals surface area contributed by atoms with Crippen LogP contribution in [0, 0.1) is 6.92 Å². The van der Waals surface area contributed by atoms with Gasteiger partial charge in [-0.1, -0.05) is 112 Å². The van der Waals surface area contributed by atoms with E-state index < -0.39 is 8.32 Å². The van der Waals surface area contributed by atoms with Crippen LogP contribution in [0.5, 0.6) is 6.01 Å². The van der Waals surface area contributed by atoms with E-state index in [4.69, 9.17) is 13.9 Å². The molecule has 0 unspecified atom stereocenters. The molecule has 0 saturated carbocycles. The van der Waals surface area contributed by atoms with Gasteiger partial charge in [0, 0.05) is 24.1 Å². The Bertz CT molecular complexity index is 1420. The van der Waals surface area contributed by atoms with Gasteiger partial charge in [0.15, 0.2) is 0 Å². The molecule has 1 aliphatic heterocycles. The molecule has 1 aliphatic rings. The number of aromatic amines is 1. The van der Waals surface area contributed by atoms with Crippen molar-refractivity contribution in [1.82, 2.24) is 9.97 Å². The second kappa shape index (κ2) is 12.8. The lowest BCUT2D eigenvalue weighted by atomic mass is 10.1. The Labute approximate surface area is 247 Å². The fourth-order valence-electron chi connectivity index (χ4n) is 5.49. The topological polar surface area (TPSA) is 73.4 Å². The van der Waals surface area contributed by atoms with Gasteiger partial charge in [-0.2, -0.15) is 0 Å². The molecule has 1 aromatic heterocycles. The van der Waals surface area contributed by atoms with E-state index in [9.17, 15) is 4.79 Å². The van der Waals surface area contributed by atoms with E-state index in [1.807, 2.05) is 18.2 Å². The molecule has 41 heavy (non-hydrogen) atoms. The van der Waals surface area contributed by atoms with Crippen LogP contribution in [0.15, 0.2) is 102 Å². The summed E-state index contributed by atoms with van der Waals surface area (Å²) < 4.78 is 20.1. The van der Waals surface area contributed by atoms with Crippen LogP contribution < -0.4 is 20.7 Å². The Morgan fingerprint density at radius 1 is 0.927 bits per heavy atom. The minimum absolute atomic E-state index is 0.0301. The van der Waals surface area contributed by atoms with Crippen molar-refractivity contribution in [2.75, 3.05) is 12.4 Å². The first kappa shape index (κ1) is 29.3. The number of hydrogen-bond donors (Lipinski definition) is 1. The Morgan fingerprint density at radius 3 is 2.07 bits per heavy atom. The SMILES string of the molecule is Cc1cnc(O[C@@H]2CS[C@H](CO[Si](c3ccccc3)(c3ccccc3)C(C)(C)C)[C@H]2OCc2ccccc2)[nH]c1=O. The second-order valence-corrected chi connectivity index (χ2v) is 17.0. The van der Waals surface area contributed by atoms with Gasteiger partial charge in [-0.05, 0) is 27.9 Å². The minimum atomic E-state index is -2.71. The van der Waals surface area contributed by atoms with Crippen LogP contribution in [-0.2, 0) is 15.8 Å². The number of hydrogen-bond acceptors (Lipinski definition) is 6. The molecule has 4 aromatic rings. The normalized spacial score (nSPS) is 19.3. The Hall–Kier alpha value is -3.17. The molecule has 0 aliphatic carbocycles. The van der Waals surface area contributed by atoms with E-state index in [0.29, 0.717) is 24.5 Å². The van der Waals surface area contributed by atoms with Gasteiger partial charge in [0.05, 0.1) is 11.9 Å². The number of ether oxygens (including phenoxy) is 2. The lowest BCUT2D eigenvalue weighted by molar-refractivity contribution is -0.0285. The number of thioether (sulfide) groups is 1. The predicted molar refractivity (Wildman–Crippen MR) is 169 cm³/mol. The maximum atomic E-state index is 12.2. The van der Waals surface area contributed by atoms with Gasteiger partial charge in [0.25, 0.3) is 19.9 Å². The van der Waals surface area contributed by atoms with Crippen molar-refractivity contribution in [3.63, 3.8) is 0 Å². The zero-order valence-electron chi connectivity index (χ0n) is 24.1. The molecule has 214 valence electrons. The van der Waals surface area contributed by atoms with Gasteiger partial charge in [-0.15, -0.1) is 11.8 Å². The highest BCUT2D eigenvalue weighted by Crippen LogP contribution is 2.39. The summed E-state index contributed by atoms with van der Waals surface area (Å²) in [5.74, 6) is 0.700. The van der Waals surface area contributed by atoms with E-state index in [2.05, 4.69) is 104 Å². The summed E-state index contributed by atoms with van der Waals surface area (Å²) in [7, 11) is -2.71. The predicted octanol–water partition coefficient (Wildman–Crippen LogP) is 5.10. The van der Waals surface area contributed by atoms with E-state index in [0.717, 1.165) is 5.56 Å². The number of H-pyrrole nitrogens is 1. The standard InChI is InChI=1S/C33H38N2O4SSi/c1-24-20-34-32(35-31(24)36)39-28-23-40-29(30(28)37-21-25-14-8-5-9-15-25)22-38-41(33(2,3)4,26-16-10-6-11-17-26)27-18-12-7-13-19-27/h5-20,28-30H,21-23H2,1-4H3,(H,34,35,36)/t28-,29-,30+/m1/s1. The van der Waals surface area contributed by atoms with Crippen molar-refractivity contribution in [3.05, 3.63) is 119 Å². The molecule has 1 fully saturated rings. The molecule has 8 heteroatoms. The van der Waals surface area contributed by atoms with Crippen molar-refractivity contribution < 1.29 is 13.9 Å². The summed E-state index contributed by atoms with van der Waals surface area (Å²) in [6.45, 7) is 9.56. The quantitative estimate of drug-likeness (QED) is 0.261. The minimum Gasteiger partial charge on any atom is -0.458 e. The molecular formula is C33H38N2O4SSi. The van der Waals surface area contributed by atoms with Crippen molar-refractivity contribution in [2.45, 2.75) is 56.8 Å². The van der Waals surface area contributed by atoms with Gasteiger partial charge in [0.1, 0.15) is 12.2 Å². The molecule has 5 rings (SSSR count). The number of aryl methyl sites for hydroxylation is 1. The highest BCUT2D eigenvalue weighted by atomic mass is 32.2. The summed E-state index contributed by atoms with van der Waals surface area (Å²) in [6.07, 6.45) is 0.993. The van der Waals surface area contributed by atoms with Gasteiger partial charge in [-0.25, -0.2) is 4.98 Å². The second-order valence-electron chi connectivity index (χ2n) is 11.5. The molecule has 3 aromatic carbocycles. The number of nitrogens with one attached hydrogen (secondary N) is 1. The van der Waals surface area contributed by atoms with Crippen LogP contribution in [0.2, 0.25) is 5.04 Å². The fraction of sp³-hybridized carbons (Fsp3) is 0.333. The highest BCUT2D eigenvalue weighted by molar-refractivity contribution is 8.00. The van der Waals surface area contributed by atoms with Crippen LogP contribution in [0.1, 0.15) is 31.9 Å². The van der Waals surface area contributed by atoms with E-state index in [1.54, 1.807) is 24.9 Å². The van der Waals surface area contributed by atoms with Crippen LogP contribution in [-0.4, -0.2) is 48.1 Å². The molecule has 0 spiro atoms. The van der Waals surface area contributed by atoms with E-state index in [1.165, 1.54) is 10.4 Å². The molecular weight excluding hydrogens is 549 g/mol. The number of aromatic nitrogens is 2. The first-order chi connectivity index (χ1) is 19.8. The molecule has 0 radical (unpaired) electrons. The smallest absolute Gasteiger partial charge is 0.296 e. The Balaban J connectivity index is 1.44. The van der Waals surface area contributed by atoms with E-state index in [-0.39, 0.29) is 34.1 Å². The van der Waals surface area contributed by atoms with Crippen molar-refractivity contribution in [3.8, 4) is 6.01 Å². The molecule has 2 heterocycles. The molecule has 3 atom stereocenters. The van der Waals surface area contributed by atoms with Crippen molar-refractivity contribution in [2.24, 2.45) is 0 Å². The van der Waals surface area contributed by atoms with Gasteiger partial charge in [0.2, 0.25) is 0 Å².